The van der Waals surface area contributed by atoms with Gasteiger partial charge in [0.1, 0.15) is 6.33 Å². The number of fused-ring (bicyclic) bond motifs is 1. The lowest BCUT2D eigenvalue weighted by molar-refractivity contribution is 0.0984. The molecule has 3 aromatic heterocycles. The van der Waals surface area contributed by atoms with E-state index in [4.69, 9.17) is 11.6 Å². The van der Waals surface area contributed by atoms with Gasteiger partial charge in [-0.1, -0.05) is 29.8 Å². The Morgan fingerprint density at radius 2 is 1.64 bits per heavy atom. The normalized spacial score (nSPS) is 11.3. The van der Waals surface area contributed by atoms with Gasteiger partial charge in [-0.05, 0) is 42.5 Å². The van der Waals surface area contributed by atoms with Crippen LogP contribution in [0.3, 0.4) is 0 Å². The van der Waals surface area contributed by atoms with Crippen molar-refractivity contribution in [2.24, 2.45) is 0 Å². The molecule has 3 heterocycles. The van der Waals surface area contributed by atoms with Gasteiger partial charge in [0.05, 0.1) is 43.8 Å². The minimum Gasteiger partial charge on any atom is -0.494 e. The Bertz CT molecular complexity index is 1850. The van der Waals surface area contributed by atoms with Gasteiger partial charge in [-0.25, -0.2) is 32.5 Å². The summed E-state index contributed by atoms with van der Waals surface area (Å²) in [7, 11) is -4.13. The monoisotopic (exact) mass is 581 g/mol. The highest BCUT2D eigenvalue weighted by atomic mass is 35.5. The van der Waals surface area contributed by atoms with Crippen LogP contribution in [0.15, 0.2) is 84.3 Å². The number of sulfonamides is 1. The fourth-order valence-corrected chi connectivity index (χ4v) is 5.83. The minimum absolute atomic E-state index is 0.0171. The van der Waals surface area contributed by atoms with Crippen molar-refractivity contribution >= 4 is 67.3 Å². The molecule has 11 nitrogen and oxygen atoms in total. The topological polar surface area (TPSA) is 160 Å². The number of nitrogens with one attached hydrogen (secondary N) is 2. The third-order valence-corrected chi connectivity index (χ3v) is 8.15. The summed E-state index contributed by atoms with van der Waals surface area (Å²) in [5, 5.41) is 14.0. The van der Waals surface area contributed by atoms with E-state index in [1.807, 2.05) is 4.72 Å². The standard InChI is InChI=1S/C25H16ClN5O6S2/c26-14-6-7-18-17(10-14)21(24(34)31(18)25(35)29-15-11-27-13-28-12-15)22(32)19-8-9-20(38-19)23(33)30-39(36,37)16-4-2-1-3-5-16/h1-13,34H,(H,29,35)(H,30,33). The van der Waals surface area contributed by atoms with Crippen LogP contribution in [-0.4, -0.2) is 45.8 Å². The summed E-state index contributed by atoms with van der Waals surface area (Å²) in [6.45, 7) is 0. The van der Waals surface area contributed by atoms with E-state index in [-0.39, 0.29) is 41.8 Å². The Hall–Kier alpha value is -4.59. The van der Waals surface area contributed by atoms with Crippen LogP contribution in [0.5, 0.6) is 5.88 Å². The smallest absolute Gasteiger partial charge is 0.333 e. The Morgan fingerprint density at radius 3 is 2.36 bits per heavy atom. The van der Waals surface area contributed by atoms with E-state index >= 15 is 0 Å². The number of anilines is 1. The largest absolute Gasteiger partial charge is 0.494 e. The molecule has 0 saturated carbocycles. The lowest BCUT2D eigenvalue weighted by Gasteiger charge is -2.07. The van der Waals surface area contributed by atoms with E-state index in [1.165, 1.54) is 73.3 Å². The molecule has 0 fully saturated rings. The summed E-state index contributed by atoms with van der Waals surface area (Å²) in [5.41, 5.74) is 0.223. The molecule has 5 rings (SSSR count). The van der Waals surface area contributed by atoms with Crippen LogP contribution in [0, 0.1) is 0 Å². The SMILES string of the molecule is O=C(NS(=O)(=O)c1ccccc1)c1ccc(C(=O)c2c(O)n(C(=O)Nc3cncnc3)c3ccc(Cl)cc23)s1. The van der Waals surface area contributed by atoms with Crippen molar-refractivity contribution in [1.82, 2.24) is 19.3 Å². The average Bonchev–Trinajstić information content (AvgIpc) is 3.52. The number of thiophene rings is 1. The maximum Gasteiger partial charge on any atom is 0.333 e. The number of rotatable bonds is 6. The number of ketones is 1. The molecular formula is C25H16ClN5O6S2. The third kappa shape index (κ3) is 5.10. The van der Waals surface area contributed by atoms with Crippen molar-refractivity contribution in [3.8, 4) is 5.88 Å². The van der Waals surface area contributed by atoms with Crippen LogP contribution in [-0.2, 0) is 10.0 Å². The molecule has 39 heavy (non-hydrogen) atoms. The molecule has 0 atom stereocenters. The van der Waals surface area contributed by atoms with Gasteiger partial charge in [-0.15, -0.1) is 11.3 Å². The van der Waals surface area contributed by atoms with Crippen molar-refractivity contribution < 1.29 is 27.9 Å². The number of carbonyl (C=O) groups excluding carboxylic acids is 3. The number of aromatic hydroxyl groups is 1. The van der Waals surface area contributed by atoms with Crippen molar-refractivity contribution in [3.05, 3.63) is 99.7 Å². The molecule has 14 heteroatoms. The number of benzene rings is 2. The molecule has 0 bridgehead atoms. The fraction of sp³-hybridized carbons (Fsp3) is 0. The quantitative estimate of drug-likeness (QED) is 0.250. The van der Waals surface area contributed by atoms with Gasteiger partial charge < -0.3 is 10.4 Å². The Balaban J connectivity index is 1.48. The van der Waals surface area contributed by atoms with Gasteiger partial charge in [-0.3, -0.25) is 9.59 Å². The Morgan fingerprint density at radius 1 is 0.949 bits per heavy atom. The third-order valence-electron chi connectivity index (χ3n) is 5.48. The summed E-state index contributed by atoms with van der Waals surface area (Å²) in [5.74, 6) is -2.29. The first-order valence-corrected chi connectivity index (χ1v) is 13.7. The zero-order valence-corrected chi connectivity index (χ0v) is 21.9. The molecule has 2 amide bonds. The fourth-order valence-electron chi connectivity index (χ4n) is 3.76. The number of carbonyl (C=O) groups is 3. The summed E-state index contributed by atoms with van der Waals surface area (Å²) in [4.78, 5) is 46.7. The van der Waals surface area contributed by atoms with Crippen LogP contribution in [0.2, 0.25) is 5.02 Å². The van der Waals surface area contributed by atoms with Gasteiger partial charge in [0, 0.05) is 10.4 Å². The lowest BCUT2D eigenvalue weighted by atomic mass is 10.1. The van der Waals surface area contributed by atoms with Gasteiger partial charge in [0.25, 0.3) is 15.9 Å². The Kier molecular flexibility index (Phi) is 6.87. The maximum absolute atomic E-state index is 13.5. The van der Waals surface area contributed by atoms with Crippen molar-refractivity contribution in [3.63, 3.8) is 0 Å². The van der Waals surface area contributed by atoms with Gasteiger partial charge >= 0.3 is 6.03 Å². The summed E-state index contributed by atoms with van der Waals surface area (Å²) < 4.78 is 27.9. The summed E-state index contributed by atoms with van der Waals surface area (Å²) in [6, 6.07) is 13.6. The summed E-state index contributed by atoms with van der Waals surface area (Å²) in [6.07, 6.45) is 3.99. The zero-order chi connectivity index (χ0) is 27.7. The summed E-state index contributed by atoms with van der Waals surface area (Å²) >= 11 is 6.87. The minimum atomic E-state index is -4.13. The van der Waals surface area contributed by atoms with Gasteiger partial charge in [0.15, 0.2) is 0 Å². The molecule has 0 aliphatic carbocycles. The zero-order valence-electron chi connectivity index (χ0n) is 19.5. The molecule has 0 aliphatic heterocycles. The van der Waals surface area contributed by atoms with Crippen molar-refractivity contribution in [2.45, 2.75) is 4.90 Å². The van der Waals surface area contributed by atoms with Crippen molar-refractivity contribution in [1.29, 1.82) is 0 Å². The molecule has 3 N–H and O–H groups in total. The first kappa shape index (κ1) is 26.0. The Labute approximate surface area is 229 Å². The molecule has 0 saturated heterocycles. The lowest BCUT2D eigenvalue weighted by Crippen LogP contribution is -2.29. The number of aromatic nitrogens is 3. The molecule has 196 valence electrons. The number of hydrogen-bond acceptors (Lipinski definition) is 9. The van der Waals surface area contributed by atoms with Gasteiger partial charge in [0.2, 0.25) is 11.7 Å². The highest BCUT2D eigenvalue weighted by Crippen LogP contribution is 2.36. The van der Waals surface area contributed by atoms with Crippen LogP contribution < -0.4 is 10.0 Å². The number of halogens is 1. The predicted octanol–water partition coefficient (Wildman–Crippen LogP) is 4.28. The average molecular weight is 582 g/mol. The predicted molar refractivity (Wildman–Crippen MR) is 144 cm³/mol. The number of hydrogen-bond donors (Lipinski definition) is 3. The molecule has 0 aliphatic rings. The van der Waals surface area contributed by atoms with Crippen LogP contribution >= 0.6 is 22.9 Å². The first-order valence-electron chi connectivity index (χ1n) is 11.0. The second-order valence-electron chi connectivity index (χ2n) is 7.99. The van der Waals surface area contributed by atoms with Crippen LogP contribution in [0.1, 0.15) is 24.9 Å². The van der Waals surface area contributed by atoms with E-state index in [0.29, 0.717) is 0 Å². The number of amides is 2. The van der Waals surface area contributed by atoms with Crippen molar-refractivity contribution in [2.75, 3.05) is 5.32 Å². The number of nitrogens with zero attached hydrogens (tertiary/aromatic N) is 3. The second kappa shape index (κ2) is 10.3. The van der Waals surface area contributed by atoms with Crippen LogP contribution in [0.4, 0.5) is 10.5 Å². The van der Waals surface area contributed by atoms with Crippen LogP contribution in [0.25, 0.3) is 10.9 Å². The van der Waals surface area contributed by atoms with E-state index in [0.717, 1.165) is 15.9 Å². The molecule has 0 spiro atoms. The first-order chi connectivity index (χ1) is 18.7. The van der Waals surface area contributed by atoms with E-state index < -0.39 is 33.6 Å². The van der Waals surface area contributed by atoms with E-state index in [2.05, 4.69) is 15.3 Å². The second-order valence-corrected chi connectivity index (χ2v) is 11.2. The molecule has 5 aromatic rings. The highest BCUT2D eigenvalue weighted by molar-refractivity contribution is 7.90. The van der Waals surface area contributed by atoms with E-state index in [9.17, 15) is 27.9 Å². The highest BCUT2D eigenvalue weighted by Gasteiger charge is 2.28. The maximum atomic E-state index is 13.5. The molecule has 0 unspecified atom stereocenters. The van der Waals surface area contributed by atoms with E-state index in [1.54, 1.807) is 6.07 Å². The molecule has 2 aromatic carbocycles. The molecular weight excluding hydrogens is 566 g/mol. The molecule has 0 radical (unpaired) electrons. The van der Waals surface area contributed by atoms with Gasteiger partial charge in [-0.2, -0.15) is 0 Å².